The summed E-state index contributed by atoms with van der Waals surface area (Å²) in [4.78, 5) is 11.3. The van der Waals surface area contributed by atoms with E-state index in [0.717, 1.165) is 18.7 Å². The molecule has 1 aliphatic carbocycles. The van der Waals surface area contributed by atoms with Crippen LogP contribution >= 0.6 is 11.8 Å². The fourth-order valence-electron chi connectivity index (χ4n) is 2.32. The quantitative estimate of drug-likeness (QED) is 0.577. The number of carbonyl (C=O) groups is 1. The van der Waals surface area contributed by atoms with Gasteiger partial charge in [-0.25, -0.2) is 0 Å². The highest BCUT2D eigenvalue weighted by Gasteiger charge is 2.30. The highest BCUT2D eigenvalue weighted by atomic mass is 32.2. The molecule has 0 aliphatic heterocycles. The minimum atomic E-state index is -0.405. The molecule has 1 heterocycles. The van der Waals surface area contributed by atoms with Crippen LogP contribution in [-0.2, 0) is 11.3 Å². The molecule has 1 aromatic carbocycles. The normalized spacial score (nSPS) is 13.5. The lowest BCUT2D eigenvalue weighted by Gasteiger charge is -2.09. The van der Waals surface area contributed by atoms with E-state index < -0.39 is 5.91 Å². The Labute approximate surface area is 143 Å². The van der Waals surface area contributed by atoms with E-state index in [-0.39, 0.29) is 6.54 Å². The van der Waals surface area contributed by atoms with Gasteiger partial charge in [0, 0.05) is 11.7 Å². The Bertz CT molecular complexity index is 779. The van der Waals surface area contributed by atoms with Gasteiger partial charge in [0.2, 0.25) is 5.91 Å². The highest BCUT2D eigenvalue weighted by Crippen LogP contribution is 2.39. The number of nitrogens with two attached hydrogens (primary N) is 1. The Morgan fingerprint density at radius 2 is 2.21 bits per heavy atom. The number of hydrogen-bond acceptors (Lipinski definition) is 6. The van der Waals surface area contributed by atoms with Gasteiger partial charge in [0.1, 0.15) is 24.2 Å². The fourth-order valence-corrected chi connectivity index (χ4v) is 3.09. The van der Waals surface area contributed by atoms with Crippen molar-refractivity contribution in [2.75, 3.05) is 12.4 Å². The maximum atomic E-state index is 11.3. The first-order chi connectivity index (χ1) is 11.7. The Kier molecular flexibility index (Phi) is 5.01. The second-order valence-corrected chi connectivity index (χ2v) is 6.53. The molecule has 0 bridgehead atoms. The largest absolute Gasteiger partial charge is 0.491 e. The Balaban J connectivity index is 1.59. The summed E-state index contributed by atoms with van der Waals surface area (Å²) in [6, 6.07) is 9.21. The van der Waals surface area contributed by atoms with Crippen LogP contribution in [0.3, 0.4) is 0 Å². The van der Waals surface area contributed by atoms with Crippen LogP contribution in [0.15, 0.2) is 29.4 Å². The van der Waals surface area contributed by atoms with Crippen molar-refractivity contribution in [1.82, 2.24) is 14.8 Å². The molecule has 3 rings (SSSR count). The summed E-state index contributed by atoms with van der Waals surface area (Å²) < 4.78 is 7.44. The Morgan fingerprint density at radius 3 is 2.92 bits per heavy atom. The SMILES string of the molecule is N#Cc1ccccc1OCCSc1nnc(C2CC2)n1CC(N)=O. The Morgan fingerprint density at radius 1 is 1.42 bits per heavy atom. The molecule has 1 aliphatic rings. The van der Waals surface area contributed by atoms with Crippen molar-refractivity contribution < 1.29 is 9.53 Å². The lowest BCUT2D eigenvalue weighted by molar-refractivity contribution is -0.118. The van der Waals surface area contributed by atoms with Crippen LogP contribution in [0.4, 0.5) is 0 Å². The van der Waals surface area contributed by atoms with Crippen molar-refractivity contribution >= 4 is 17.7 Å². The predicted octanol–water partition coefficient (Wildman–Crippen LogP) is 1.68. The van der Waals surface area contributed by atoms with Gasteiger partial charge in [-0.1, -0.05) is 23.9 Å². The Hall–Kier alpha value is -2.53. The summed E-state index contributed by atoms with van der Waals surface area (Å²) in [6.45, 7) is 0.519. The van der Waals surface area contributed by atoms with E-state index in [9.17, 15) is 4.79 Å². The third-order valence-electron chi connectivity index (χ3n) is 3.58. The zero-order valence-corrected chi connectivity index (χ0v) is 13.8. The van der Waals surface area contributed by atoms with Crippen LogP contribution in [0.5, 0.6) is 5.75 Å². The number of ether oxygens (including phenoxy) is 1. The second kappa shape index (κ2) is 7.36. The smallest absolute Gasteiger partial charge is 0.237 e. The van der Waals surface area contributed by atoms with Gasteiger partial charge in [-0.05, 0) is 25.0 Å². The maximum Gasteiger partial charge on any atom is 0.237 e. The molecule has 1 aromatic heterocycles. The van der Waals surface area contributed by atoms with Crippen molar-refractivity contribution in [1.29, 1.82) is 5.26 Å². The van der Waals surface area contributed by atoms with E-state index in [2.05, 4.69) is 16.3 Å². The summed E-state index contributed by atoms with van der Waals surface area (Å²) in [6.07, 6.45) is 2.16. The molecule has 0 unspecified atom stereocenters. The molecule has 1 saturated carbocycles. The number of carbonyl (C=O) groups excluding carboxylic acids is 1. The van der Waals surface area contributed by atoms with Gasteiger partial charge in [0.05, 0.1) is 12.2 Å². The van der Waals surface area contributed by atoms with Gasteiger partial charge in [-0.3, -0.25) is 9.36 Å². The zero-order chi connectivity index (χ0) is 16.9. The van der Waals surface area contributed by atoms with Gasteiger partial charge in [-0.2, -0.15) is 5.26 Å². The number of rotatable bonds is 8. The molecule has 2 aromatic rings. The summed E-state index contributed by atoms with van der Waals surface area (Å²) in [7, 11) is 0. The van der Waals surface area contributed by atoms with E-state index in [0.29, 0.717) is 34.7 Å². The first kappa shape index (κ1) is 16.3. The third kappa shape index (κ3) is 3.86. The predicted molar refractivity (Wildman–Crippen MR) is 88.6 cm³/mol. The molecule has 124 valence electrons. The average molecular weight is 343 g/mol. The maximum absolute atomic E-state index is 11.3. The second-order valence-electron chi connectivity index (χ2n) is 5.47. The number of aromatic nitrogens is 3. The van der Waals surface area contributed by atoms with Crippen molar-refractivity contribution in [3.63, 3.8) is 0 Å². The molecule has 1 fully saturated rings. The number of thioether (sulfide) groups is 1. The monoisotopic (exact) mass is 343 g/mol. The zero-order valence-electron chi connectivity index (χ0n) is 13.0. The molecule has 0 atom stereocenters. The fraction of sp³-hybridized carbons (Fsp3) is 0.375. The first-order valence-electron chi connectivity index (χ1n) is 7.65. The minimum absolute atomic E-state index is 0.0965. The molecule has 7 nitrogen and oxygen atoms in total. The number of amides is 1. The molecule has 8 heteroatoms. The van der Waals surface area contributed by atoms with Gasteiger partial charge >= 0.3 is 0 Å². The van der Waals surface area contributed by atoms with Gasteiger partial charge < -0.3 is 10.5 Å². The van der Waals surface area contributed by atoms with Gasteiger partial charge in [-0.15, -0.1) is 10.2 Å². The molecule has 0 spiro atoms. The van der Waals surface area contributed by atoms with Crippen LogP contribution in [0.1, 0.15) is 30.1 Å². The number of nitriles is 1. The van der Waals surface area contributed by atoms with E-state index in [1.807, 2.05) is 6.07 Å². The average Bonchev–Trinajstić information content (AvgIpc) is 3.35. The minimum Gasteiger partial charge on any atom is -0.491 e. The van der Waals surface area contributed by atoms with Gasteiger partial charge in [0.25, 0.3) is 0 Å². The summed E-state index contributed by atoms with van der Waals surface area (Å²) in [5.74, 6) is 2.02. The number of hydrogen-bond donors (Lipinski definition) is 1. The van der Waals surface area contributed by atoms with Crippen molar-refractivity contribution in [2.24, 2.45) is 5.73 Å². The molecular weight excluding hydrogens is 326 g/mol. The van der Waals surface area contributed by atoms with Crippen LogP contribution in [0.25, 0.3) is 0 Å². The molecule has 2 N–H and O–H groups in total. The molecule has 1 amide bonds. The topological polar surface area (TPSA) is 107 Å². The van der Waals surface area contributed by atoms with E-state index in [1.165, 1.54) is 11.8 Å². The lowest BCUT2D eigenvalue weighted by Crippen LogP contribution is -2.20. The summed E-state index contributed by atoms with van der Waals surface area (Å²) in [5.41, 5.74) is 5.83. The molecule has 24 heavy (non-hydrogen) atoms. The first-order valence-corrected chi connectivity index (χ1v) is 8.63. The van der Waals surface area contributed by atoms with Crippen molar-refractivity contribution in [2.45, 2.75) is 30.5 Å². The number of benzene rings is 1. The molecular formula is C16H17N5O2S. The van der Waals surface area contributed by atoms with Crippen LogP contribution < -0.4 is 10.5 Å². The standard InChI is InChI=1S/C16H17N5O2S/c17-9-12-3-1-2-4-13(12)23-7-8-24-16-20-19-15(11-5-6-11)21(16)10-14(18)22/h1-4,11H,5-8,10H2,(H2,18,22). The summed E-state index contributed by atoms with van der Waals surface area (Å²) >= 11 is 1.46. The highest BCUT2D eigenvalue weighted by molar-refractivity contribution is 7.99. The van der Waals surface area contributed by atoms with Gasteiger partial charge in [0.15, 0.2) is 5.16 Å². The van der Waals surface area contributed by atoms with Crippen LogP contribution in [-0.4, -0.2) is 33.0 Å². The summed E-state index contributed by atoms with van der Waals surface area (Å²) in [5, 5.41) is 18.1. The lowest BCUT2D eigenvalue weighted by atomic mass is 10.2. The van der Waals surface area contributed by atoms with E-state index in [4.69, 9.17) is 15.7 Å². The van der Waals surface area contributed by atoms with E-state index >= 15 is 0 Å². The third-order valence-corrected chi connectivity index (χ3v) is 4.51. The molecule has 0 saturated heterocycles. The van der Waals surface area contributed by atoms with Crippen molar-refractivity contribution in [3.8, 4) is 11.8 Å². The number of para-hydroxylation sites is 1. The number of nitrogens with zero attached hydrogens (tertiary/aromatic N) is 4. The van der Waals surface area contributed by atoms with E-state index in [1.54, 1.807) is 22.8 Å². The van der Waals surface area contributed by atoms with Crippen LogP contribution in [0.2, 0.25) is 0 Å². The molecule has 0 radical (unpaired) electrons. The van der Waals surface area contributed by atoms with Crippen molar-refractivity contribution in [3.05, 3.63) is 35.7 Å². The van der Waals surface area contributed by atoms with Crippen LogP contribution in [0, 0.1) is 11.3 Å². The number of primary amides is 1.